The van der Waals surface area contributed by atoms with Crippen LogP contribution >= 0.6 is 0 Å². The second kappa shape index (κ2) is 8.73. The van der Waals surface area contributed by atoms with E-state index in [1.807, 2.05) is 26.1 Å². The van der Waals surface area contributed by atoms with E-state index in [-0.39, 0.29) is 22.9 Å². The highest BCUT2D eigenvalue weighted by molar-refractivity contribution is 7.89. The van der Waals surface area contributed by atoms with Crippen LogP contribution in [0.4, 0.5) is 22.7 Å². The Labute approximate surface area is 189 Å². The minimum absolute atomic E-state index is 0.0855. The molecule has 1 amide bonds. The molecule has 0 aliphatic carbocycles. The van der Waals surface area contributed by atoms with Crippen LogP contribution in [0, 0.1) is 0 Å². The van der Waals surface area contributed by atoms with Gasteiger partial charge in [-0.1, -0.05) is 0 Å². The molecule has 0 bridgehead atoms. The molecule has 1 N–H and O–H groups in total. The fraction of sp³-hybridized carbons (Fsp3) is 0.435. The smallest absolute Gasteiger partial charge is 0.249 e. The molecule has 0 spiro atoms. The van der Waals surface area contributed by atoms with E-state index >= 15 is 0 Å². The molecule has 0 radical (unpaired) electrons. The van der Waals surface area contributed by atoms with Crippen molar-refractivity contribution in [1.82, 2.24) is 4.31 Å². The summed E-state index contributed by atoms with van der Waals surface area (Å²) < 4.78 is 31.3. The summed E-state index contributed by atoms with van der Waals surface area (Å²) in [5.41, 5.74) is 3.56. The van der Waals surface area contributed by atoms with Gasteiger partial charge >= 0.3 is 0 Å². The zero-order valence-electron chi connectivity index (χ0n) is 18.9. The van der Waals surface area contributed by atoms with E-state index in [0.29, 0.717) is 13.2 Å². The Morgan fingerprint density at radius 2 is 1.62 bits per heavy atom. The number of fused-ring (bicyclic) bond motifs is 1. The molecule has 4 rings (SSSR count). The predicted molar refractivity (Wildman–Crippen MR) is 126 cm³/mol. The molecular formula is C23H30N4O4S. The molecule has 9 heteroatoms. The van der Waals surface area contributed by atoms with E-state index in [0.717, 1.165) is 35.6 Å². The van der Waals surface area contributed by atoms with Gasteiger partial charge in [0.15, 0.2) is 0 Å². The number of rotatable bonds is 5. The molecule has 2 aliphatic heterocycles. The third-order valence-electron chi connectivity index (χ3n) is 6.23. The van der Waals surface area contributed by atoms with Gasteiger partial charge in [0.2, 0.25) is 15.9 Å². The van der Waals surface area contributed by atoms with Crippen LogP contribution in [0.5, 0.6) is 0 Å². The van der Waals surface area contributed by atoms with Crippen molar-refractivity contribution in [1.29, 1.82) is 0 Å². The Hall–Kier alpha value is -2.62. The van der Waals surface area contributed by atoms with E-state index in [9.17, 15) is 13.2 Å². The van der Waals surface area contributed by atoms with E-state index in [1.54, 1.807) is 29.2 Å². The number of hydrogen-bond donors (Lipinski definition) is 1. The minimum Gasteiger partial charge on any atom is -0.381 e. The highest BCUT2D eigenvalue weighted by atomic mass is 32.2. The molecule has 1 unspecified atom stereocenters. The average molecular weight is 459 g/mol. The summed E-state index contributed by atoms with van der Waals surface area (Å²) in [4.78, 5) is 17.1. The van der Waals surface area contributed by atoms with Crippen molar-refractivity contribution >= 4 is 38.7 Å². The maximum absolute atomic E-state index is 12.9. The summed E-state index contributed by atoms with van der Waals surface area (Å²) >= 11 is 0. The number of carbonyl (C=O) groups is 1. The van der Waals surface area contributed by atoms with E-state index < -0.39 is 10.0 Å². The average Bonchev–Trinajstić information content (AvgIpc) is 2.78. The third kappa shape index (κ3) is 4.07. The number of benzene rings is 2. The number of anilines is 4. The van der Waals surface area contributed by atoms with Crippen LogP contribution in [-0.2, 0) is 19.6 Å². The molecule has 0 aromatic heterocycles. The summed E-state index contributed by atoms with van der Waals surface area (Å²) in [6.45, 7) is 3.36. The molecule has 2 heterocycles. The summed E-state index contributed by atoms with van der Waals surface area (Å²) in [6, 6.07) is 12.7. The number of nitrogens with zero attached hydrogens (tertiary/aromatic N) is 3. The maximum Gasteiger partial charge on any atom is 0.249 e. The molecule has 2 aliphatic rings. The van der Waals surface area contributed by atoms with Crippen molar-refractivity contribution in [2.75, 3.05) is 49.5 Å². The lowest BCUT2D eigenvalue weighted by atomic mass is 9.99. The van der Waals surface area contributed by atoms with Gasteiger partial charge in [-0.3, -0.25) is 4.79 Å². The molecule has 8 nitrogen and oxygen atoms in total. The fourth-order valence-electron chi connectivity index (χ4n) is 4.38. The first-order valence-electron chi connectivity index (χ1n) is 10.8. The van der Waals surface area contributed by atoms with Gasteiger partial charge in [-0.2, -0.15) is 0 Å². The van der Waals surface area contributed by atoms with Crippen LogP contribution in [0.3, 0.4) is 0 Å². The molecular weight excluding hydrogens is 428 g/mol. The highest BCUT2D eigenvalue weighted by Crippen LogP contribution is 2.40. The van der Waals surface area contributed by atoms with Crippen molar-refractivity contribution in [2.24, 2.45) is 0 Å². The second-order valence-corrected chi connectivity index (χ2v) is 10.6. The third-order valence-corrected chi connectivity index (χ3v) is 8.06. The van der Waals surface area contributed by atoms with Crippen molar-refractivity contribution in [2.45, 2.75) is 36.7 Å². The van der Waals surface area contributed by atoms with E-state index in [4.69, 9.17) is 4.74 Å². The van der Waals surface area contributed by atoms with Crippen LogP contribution in [0.1, 0.15) is 19.8 Å². The normalized spacial score (nSPS) is 19.9. The standard InChI is InChI=1S/C23H30N4O4S/c1-16-23(28)26(4)21-10-7-18(15-22(21)27(16)19-11-13-31-14-12-19)24-17-5-8-20(9-6-17)32(29,30)25(2)3/h5-10,15-16,19,24H,11-14H2,1-4H3. The summed E-state index contributed by atoms with van der Waals surface area (Å²) in [5, 5.41) is 3.36. The zero-order valence-corrected chi connectivity index (χ0v) is 19.7. The summed E-state index contributed by atoms with van der Waals surface area (Å²) in [7, 11) is 1.38. The summed E-state index contributed by atoms with van der Waals surface area (Å²) in [6.07, 6.45) is 1.78. The van der Waals surface area contributed by atoms with Crippen molar-refractivity contribution in [3.05, 3.63) is 42.5 Å². The van der Waals surface area contributed by atoms with Crippen LogP contribution in [-0.4, -0.2) is 65.1 Å². The molecule has 172 valence electrons. The van der Waals surface area contributed by atoms with Crippen LogP contribution in [0.25, 0.3) is 0 Å². The topological polar surface area (TPSA) is 82.2 Å². The molecule has 1 atom stereocenters. The Bertz CT molecular complexity index is 1100. The molecule has 2 aromatic rings. The molecule has 1 fully saturated rings. The first-order valence-corrected chi connectivity index (χ1v) is 12.2. The van der Waals surface area contributed by atoms with Crippen LogP contribution in [0.15, 0.2) is 47.4 Å². The first kappa shape index (κ1) is 22.6. The quantitative estimate of drug-likeness (QED) is 0.742. The van der Waals surface area contributed by atoms with Gasteiger partial charge in [0.05, 0.1) is 16.3 Å². The molecule has 1 saturated heterocycles. The highest BCUT2D eigenvalue weighted by Gasteiger charge is 2.38. The molecule has 0 saturated carbocycles. The van der Waals surface area contributed by atoms with Crippen molar-refractivity contribution in [3.8, 4) is 0 Å². The SMILES string of the molecule is CC1C(=O)N(C)c2ccc(Nc3ccc(S(=O)(=O)N(C)C)cc3)cc2N1C1CCOCC1. The van der Waals surface area contributed by atoms with Crippen LogP contribution < -0.4 is 15.1 Å². The second-order valence-electron chi connectivity index (χ2n) is 8.46. The Morgan fingerprint density at radius 1 is 1.00 bits per heavy atom. The van der Waals surface area contributed by atoms with Gasteiger partial charge in [0.25, 0.3) is 0 Å². The number of hydrogen-bond acceptors (Lipinski definition) is 6. The number of amides is 1. The van der Waals surface area contributed by atoms with Gasteiger partial charge in [0, 0.05) is 51.8 Å². The number of ether oxygens (including phenoxy) is 1. The number of carbonyl (C=O) groups excluding carboxylic acids is 1. The lowest BCUT2D eigenvalue weighted by Gasteiger charge is -2.45. The first-order chi connectivity index (χ1) is 15.2. The van der Waals surface area contributed by atoms with Gasteiger partial charge < -0.3 is 19.9 Å². The van der Waals surface area contributed by atoms with Crippen LogP contribution in [0.2, 0.25) is 0 Å². The lowest BCUT2D eigenvalue weighted by Crippen LogP contribution is -2.55. The predicted octanol–water partition coefficient (Wildman–Crippen LogP) is 3.03. The Morgan fingerprint density at radius 3 is 2.25 bits per heavy atom. The fourth-order valence-corrected chi connectivity index (χ4v) is 5.28. The van der Waals surface area contributed by atoms with Crippen molar-refractivity contribution < 1.29 is 17.9 Å². The van der Waals surface area contributed by atoms with Gasteiger partial charge in [-0.15, -0.1) is 0 Å². The van der Waals surface area contributed by atoms with Crippen molar-refractivity contribution in [3.63, 3.8) is 0 Å². The number of sulfonamides is 1. The van der Waals surface area contributed by atoms with Gasteiger partial charge in [0.1, 0.15) is 6.04 Å². The Kier molecular flexibility index (Phi) is 6.15. The van der Waals surface area contributed by atoms with Gasteiger partial charge in [-0.05, 0) is 62.2 Å². The number of nitrogens with one attached hydrogen (secondary N) is 1. The maximum atomic E-state index is 12.9. The summed E-state index contributed by atoms with van der Waals surface area (Å²) in [5.74, 6) is 0.0855. The van der Waals surface area contributed by atoms with E-state index in [1.165, 1.54) is 18.4 Å². The molecule has 32 heavy (non-hydrogen) atoms. The largest absolute Gasteiger partial charge is 0.381 e. The van der Waals surface area contributed by atoms with E-state index in [2.05, 4.69) is 16.3 Å². The minimum atomic E-state index is -3.46. The zero-order chi connectivity index (χ0) is 23.0. The molecule has 2 aromatic carbocycles. The van der Waals surface area contributed by atoms with Gasteiger partial charge in [-0.25, -0.2) is 12.7 Å². The number of likely N-dealkylation sites (N-methyl/N-ethyl adjacent to an activating group) is 1. The monoisotopic (exact) mass is 458 g/mol. The Balaban J connectivity index is 1.64. The lowest BCUT2D eigenvalue weighted by molar-refractivity contribution is -0.119.